The number of carbonyl (C=O) groups is 1. The highest BCUT2D eigenvalue weighted by atomic mass is 35.5. The molecule has 18 heavy (non-hydrogen) atoms. The number of nitrogens with zero attached hydrogens (tertiary/aromatic N) is 2. The molecular weight excluding hydrogens is 254 g/mol. The van der Waals surface area contributed by atoms with E-state index in [0.717, 1.165) is 0 Å². The molecule has 94 valence electrons. The molecule has 0 aliphatic rings. The summed E-state index contributed by atoms with van der Waals surface area (Å²) in [5.74, 6) is 0.267. The number of aromatic amines is 1. The topological polar surface area (TPSA) is 96.7 Å². The van der Waals surface area contributed by atoms with E-state index in [1.165, 1.54) is 6.33 Å². The summed E-state index contributed by atoms with van der Waals surface area (Å²) in [4.78, 5) is 16.0. The predicted octanol–water partition coefficient (Wildman–Crippen LogP) is 1.53. The second-order valence-electron chi connectivity index (χ2n) is 3.77. The highest BCUT2D eigenvalue weighted by molar-refractivity contribution is 6.33. The van der Waals surface area contributed by atoms with Crippen molar-refractivity contribution in [2.75, 3.05) is 5.73 Å². The molecule has 2 rings (SSSR count). The third kappa shape index (κ3) is 2.43. The normalized spacial score (nSPS) is 12.1. The van der Waals surface area contributed by atoms with Crippen molar-refractivity contribution in [2.24, 2.45) is 0 Å². The molecule has 1 atom stereocenters. The summed E-state index contributed by atoms with van der Waals surface area (Å²) < 4.78 is 0. The minimum absolute atomic E-state index is 0.265. The number of amides is 1. The van der Waals surface area contributed by atoms with Crippen molar-refractivity contribution in [3.05, 3.63) is 40.9 Å². The van der Waals surface area contributed by atoms with Crippen LogP contribution >= 0.6 is 11.6 Å². The average Bonchev–Trinajstić information content (AvgIpc) is 2.86. The first-order chi connectivity index (χ1) is 8.59. The molecule has 1 aromatic heterocycles. The van der Waals surface area contributed by atoms with Gasteiger partial charge in [-0.2, -0.15) is 5.10 Å². The van der Waals surface area contributed by atoms with Gasteiger partial charge in [-0.1, -0.05) is 17.7 Å². The summed E-state index contributed by atoms with van der Waals surface area (Å²) in [5, 5.41) is 9.52. The number of nitrogens with one attached hydrogen (secondary N) is 2. The van der Waals surface area contributed by atoms with Crippen LogP contribution in [0.25, 0.3) is 0 Å². The maximum absolute atomic E-state index is 12.0. The first-order valence-corrected chi connectivity index (χ1v) is 5.67. The van der Waals surface area contributed by atoms with Gasteiger partial charge in [0.2, 0.25) is 0 Å². The fourth-order valence-corrected chi connectivity index (χ4v) is 1.68. The van der Waals surface area contributed by atoms with E-state index in [1.807, 2.05) is 0 Å². The molecule has 6 nitrogen and oxygen atoms in total. The van der Waals surface area contributed by atoms with Gasteiger partial charge in [0.15, 0.2) is 0 Å². The molecular formula is C11H12ClN5O. The number of aromatic nitrogens is 3. The number of rotatable bonds is 3. The third-order valence-electron chi connectivity index (χ3n) is 2.49. The van der Waals surface area contributed by atoms with E-state index in [0.29, 0.717) is 16.4 Å². The zero-order valence-corrected chi connectivity index (χ0v) is 10.4. The molecule has 0 aliphatic heterocycles. The second kappa shape index (κ2) is 5.05. The number of para-hydroxylation sites is 1. The molecule has 0 saturated carbocycles. The summed E-state index contributed by atoms with van der Waals surface area (Å²) in [6.07, 6.45) is 1.38. The van der Waals surface area contributed by atoms with Gasteiger partial charge in [-0.3, -0.25) is 9.89 Å². The number of hydrogen-bond donors (Lipinski definition) is 3. The summed E-state index contributed by atoms with van der Waals surface area (Å²) >= 11 is 5.86. The van der Waals surface area contributed by atoms with Crippen molar-refractivity contribution >= 4 is 23.2 Å². The molecule has 0 spiro atoms. The van der Waals surface area contributed by atoms with Gasteiger partial charge in [0.05, 0.1) is 22.3 Å². The molecule has 0 aliphatic carbocycles. The van der Waals surface area contributed by atoms with Crippen LogP contribution in [0, 0.1) is 0 Å². The molecule has 1 heterocycles. The van der Waals surface area contributed by atoms with Gasteiger partial charge < -0.3 is 11.1 Å². The minimum atomic E-state index is -0.307. The first-order valence-electron chi connectivity index (χ1n) is 5.29. The maximum atomic E-state index is 12.0. The Kier molecular flexibility index (Phi) is 3.47. The van der Waals surface area contributed by atoms with E-state index >= 15 is 0 Å². The van der Waals surface area contributed by atoms with E-state index in [-0.39, 0.29) is 17.6 Å². The Morgan fingerprint density at radius 3 is 3.00 bits per heavy atom. The number of carbonyl (C=O) groups excluding carboxylic acids is 1. The fraction of sp³-hybridized carbons (Fsp3) is 0.182. The van der Waals surface area contributed by atoms with Gasteiger partial charge in [0.1, 0.15) is 12.2 Å². The van der Waals surface area contributed by atoms with Gasteiger partial charge in [-0.15, -0.1) is 0 Å². The Balaban J connectivity index is 2.15. The van der Waals surface area contributed by atoms with Crippen LogP contribution < -0.4 is 11.1 Å². The predicted molar refractivity (Wildman–Crippen MR) is 68.1 cm³/mol. The maximum Gasteiger partial charge on any atom is 0.254 e. The van der Waals surface area contributed by atoms with Crippen LogP contribution in [-0.4, -0.2) is 21.1 Å². The molecule has 0 saturated heterocycles. The smallest absolute Gasteiger partial charge is 0.254 e. The number of anilines is 1. The van der Waals surface area contributed by atoms with Crippen molar-refractivity contribution in [3.8, 4) is 0 Å². The van der Waals surface area contributed by atoms with Crippen molar-refractivity contribution in [1.82, 2.24) is 20.5 Å². The monoisotopic (exact) mass is 265 g/mol. The highest BCUT2D eigenvalue weighted by Crippen LogP contribution is 2.22. The Labute approximate surface area is 109 Å². The summed E-state index contributed by atoms with van der Waals surface area (Å²) in [7, 11) is 0. The average molecular weight is 266 g/mol. The Bertz CT molecular complexity index is 555. The van der Waals surface area contributed by atoms with Crippen molar-refractivity contribution < 1.29 is 4.79 Å². The van der Waals surface area contributed by atoms with E-state index in [2.05, 4.69) is 20.5 Å². The lowest BCUT2D eigenvalue weighted by Crippen LogP contribution is -2.28. The molecule has 2 aromatic rings. The standard InChI is InChI=1S/C11H12ClN5O/c1-6(10-14-5-15-17-10)16-11(18)7-3-2-4-8(12)9(7)13/h2-6H,13H2,1H3,(H,16,18)(H,14,15,17). The quantitative estimate of drug-likeness (QED) is 0.733. The molecule has 7 heteroatoms. The summed E-state index contributed by atoms with van der Waals surface area (Å²) in [6, 6.07) is 4.63. The molecule has 4 N–H and O–H groups in total. The number of nitrogen functional groups attached to an aromatic ring is 1. The second-order valence-corrected chi connectivity index (χ2v) is 4.17. The fourth-order valence-electron chi connectivity index (χ4n) is 1.50. The summed E-state index contributed by atoms with van der Waals surface area (Å²) in [5.41, 5.74) is 6.36. The largest absolute Gasteiger partial charge is 0.397 e. The van der Waals surface area contributed by atoms with Crippen LogP contribution in [0.5, 0.6) is 0 Å². The molecule has 0 radical (unpaired) electrons. The SMILES string of the molecule is CC(NC(=O)c1cccc(Cl)c1N)c1ncn[nH]1. The Morgan fingerprint density at radius 2 is 2.33 bits per heavy atom. The molecule has 1 unspecified atom stereocenters. The van der Waals surface area contributed by atoms with Crippen molar-refractivity contribution in [1.29, 1.82) is 0 Å². The Morgan fingerprint density at radius 1 is 1.56 bits per heavy atom. The number of halogens is 1. The number of H-pyrrole nitrogens is 1. The number of hydrogen-bond acceptors (Lipinski definition) is 4. The first kappa shape index (κ1) is 12.4. The minimum Gasteiger partial charge on any atom is -0.397 e. The van der Waals surface area contributed by atoms with Crippen LogP contribution in [0.15, 0.2) is 24.5 Å². The van der Waals surface area contributed by atoms with Crippen LogP contribution in [-0.2, 0) is 0 Å². The lowest BCUT2D eigenvalue weighted by atomic mass is 10.1. The van der Waals surface area contributed by atoms with Crippen LogP contribution in [0.3, 0.4) is 0 Å². The molecule has 1 aromatic carbocycles. The molecule has 0 bridgehead atoms. The lowest BCUT2D eigenvalue weighted by Gasteiger charge is -2.12. The van der Waals surface area contributed by atoms with Crippen molar-refractivity contribution in [3.63, 3.8) is 0 Å². The van der Waals surface area contributed by atoms with Gasteiger partial charge in [0, 0.05) is 0 Å². The number of nitrogens with two attached hydrogens (primary N) is 1. The van der Waals surface area contributed by atoms with Crippen LogP contribution in [0.4, 0.5) is 5.69 Å². The van der Waals surface area contributed by atoms with Gasteiger partial charge in [-0.05, 0) is 19.1 Å². The van der Waals surface area contributed by atoms with Gasteiger partial charge >= 0.3 is 0 Å². The summed E-state index contributed by atoms with van der Waals surface area (Å²) in [6.45, 7) is 1.79. The molecule has 0 fully saturated rings. The van der Waals surface area contributed by atoms with E-state index in [1.54, 1.807) is 25.1 Å². The zero-order chi connectivity index (χ0) is 13.1. The lowest BCUT2D eigenvalue weighted by molar-refractivity contribution is 0.0939. The molecule has 1 amide bonds. The van der Waals surface area contributed by atoms with Gasteiger partial charge in [0.25, 0.3) is 5.91 Å². The van der Waals surface area contributed by atoms with E-state index in [9.17, 15) is 4.79 Å². The highest BCUT2D eigenvalue weighted by Gasteiger charge is 2.16. The van der Waals surface area contributed by atoms with Crippen molar-refractivity contribution in [2.45, 2.75) is 13.0 Å². The van der Waals surface area contributed by atoms with Gasteiger partial charge in [-0.25, -0.2) is 4.98 Å². The van der Waals surface area contributed by atoms with E-state index in [4.69, 9.17) is 17.3 Å². The van der Waals surface area contributed by atoms with Crippen LogP contribution in [0.2, 0.25) is 5.02 Å². The number of benzene rings is 1. The van der Waals surface area contributed by atoms with E-state index < -0.39 is 0 Å². The Hall–Kier alpha value is -2.08. The third-order valence-corrected chi connectivity index (χ3v) is 2.82. The zero-order valence-electron chi connectivity index (χ0n) is 9.64. The van der Waals surface area contributed by atoms with Crippen LogP contribution in [0.1, 0.15) is 29.1 Å².